The van der Waals surface area contributed by atoms with E-state index in [0.29, 0.717) is 12.1 Å². The van der Waals surface area contributed by atoms with Gasteiger partial charge < -0.3 is 10.6 Å². The minimum absolute atomic E-state index is 0.113. The minimum atomic E-state index is -0.386. The molecule has 0 radical (unpaired) electrons. The highest BCUT2D eigenvalue weighted by molar-refractivity contribution is 5.99. The number of nitrogens with two attached hydrogens (primary N) is 1. The van der Waals surface area contributed by atoms with Crippen LogP contribution < -0.4 is 5.73 Å². The molecule has 14 heavy (non-hydrogen) atoms. The maximum Gasteiger partial charge on any atom is 0.254 e. The summed E-state index contributed by atoms with van der Waals surface area (Å²) >= 11 is 0. The van der Waals surface area contributed by atoms with Crippen LogP contribution in [0.15, 0.2) is 18.2 Å². The van der Waals surface area contributed by atoms with Crippen LogP contribution in [0.2, 0.25) is 0 Å². The maximum atomic E-state index is 12.9. The van der Waals surface area contributed by atoms with Gasteiger partial charge in [0.25, 0.3) is 5.91 Å². The van der Waals surface area contributed by atoms with Gasteiger partial charge in [-0.3, -0.25) is 4.79 Å². The predicted molar refractivity (Wildman–Crippen MR) is 50.3 cm³/mol. The average molecular weight is 194 g/mol. The second kappa shape index (κ2) is 3.06. The topological polar surface area (TPSA) is 46.3 Å². The Balaban J connectivity index is 2.55. The number of hydrogen-bond donors (Lipinski definition) is 1. The monoisotopic (exact) mass is 194 g/mol. The number of carbonyl (C=O) groups is 1. The molecule has 1 aliphatic rings. The Morgan fingerprint density at radius 1 is 1.57 bits per heavy atom. The summed E-state index contributed by atoms with van der Waals surface area (Å²) in [6, 6.07) is 4.14. The molecule has 1 aromatic carbocycles. The Morgan fingerprint density at radius 3 is 2.93 bits per heavy atom. The minimum Gasteiger partial charge on any atom is -0.333 e. The lowest BCUT2D eigenvalue weighted by molar-refractivity contribution is 0.0778. The molecule has 4 heteroatoms. The molecule has 3 nitrogen and oxygen atoms in total. The van der Waals surface area contributed by atoms with Crippen molar-refractivity contribution in [3.8, 4) is 0 Å². The maximum absolute atomic E-state index is 12.9. The molecule has 1 atom stereocenters. The van der Waals surface area contributed by atoms with Crippen LogP contribution in [0.4, 0.5) is 4.39 Å². The molecule has 1 unspecified atom stereocenters. The van der Waals surface area contributed by atoms with Gasteiger partial charge in [-0.25, -0.2) is 4.39 Å². The van der Waals surface area contributed by atoms with Crippen molar-refractivity contribution in [1.82, 2.24) is 4.90 Å². The van der Waals surface area contributed by atoms with Crippen molar-refractivity contribution in [2.45, 2.75) is 6.04 Å². The van der Waals surface area contributed by atoms with E-state index in [1.165, 1.54) is 12.1 Å². The molecule has 1 aliphatic heterocycles. The van der Waals surface area contributed by atoms with Gasteiger partial charge in [0.15, 0.2) is 0 Å². The fourth-order valence-corrected chi connectivity index (χ4v) is 1.83. The Kier molecular flexibility index (Phi) is 2.00. The lowest BCUT2D eigenvalue weighted by Crippen LogP contribution is -2.28. The van der Waals surface area contributed by atoms with Crippen molar-refractivity contribution in [2.24, 2.45) is 5.73 Å². The van der Waals surface area contributed by atoms with Crippen LogP contribution in [0.5, 0.6) is 0 Å². The highest BCUT2D eigenvalue weighted by atomic mass is 19.1. The summed E-state index contributed by atoms with van der Waals surface area (Å²) in [6.45, 7) is 0.362. The number of hydrogen-bond acceptors (Lipinski definition) is 2. The van der Waals surface area contributed by atoms with Gasteiger partial charge in [0.2, 0.25) is 0 Å². The number of fused-ring (bicyclic) bond motifs is 1. The molecule has 1 amide bonds. The molecule has 74 valence electrons. The Morgan fingerprint density at radius 2 is 2.29 bits per heavy atom. The molecule has 0 aromatic heterocycles. The lowest BCUT2D eigenvalue weighted by Gasteiger charge is -2.18. The third-order valence-electron chi connectivity index (χ3n) is 2.62. The first kappa shape index (κ1) is 9.15. The zero-order chi connectivity index (χ0) is 10.3. The van der Waals surface area contributed by atoms with Crippen molar-refractivity contribution >= 4 is 5.91 Å². The van der Waals surface area contributed by atoms with Crippen LogP contribution in [-0.2, 0) is 0 Å². The molecule has 1 aromatic rings. The largest absolute Gasteiger partial charge is 0.333 e. The molecule has 2 rings (SSSR count). The van der Waals surface area contributed by atoms with E-state index in [4.69, 9.17) is 5.73 Å². The molecule has 0 spiro atoms. The second-order valence-corrected chi connectivity index (χ2v) is 3.40. The van der Waals surface area contributed by atoms with Gasteiger partial charge in [-0.05, 0) is 17.7 Å². The lowest BCUT2D eigenvalue weighted by atomic mass is 10.0. The Labute approximate surface area is 81.3 Å². The number of carbonyl (C=O) groups excluding carboxylic acids is 1. The highest BCUT2D eigenvalue weighted by Crippen LogP contribution is 2.31. The first-order chi connectivity index (χ1) is 6.65. The number of rotatable bonds is 1. The van der Waals surface area contributed by atoms with Gasteiger partial charge in [0, 0.05) is 19.2 Å². The van der Waals surface area contributed by atoms with Crippen LogP contribution in [0.3, 0.4) is 0 Å². The summed E-state index contributed by atoms with van der Waals surface area (Å²) in [4.78, 5) is 13.2. The van der Waals surface area contributed by atoms with E-state index in [-0.39, 0.29) is 17.8 Å². The Hall–Kier alpha value is -1.42. The predicted octanol–water partition coefficient (Wildman–Crippen LogP) is 0.911. The molecule has 0 saturated carbocycles. The molecule has 0 bridgehead atoms. The summed E-state index contributed by atoms with van der Waals surface area (Å²) in [5.74, 6) is -0.543. The summed E-state index contributed by atoms with van der Waals surface area (Å²) in [7, 11) is 1.68. The van der Waals surface area contributed by atoms with E-state index in [0.717, 1.165) is 5.56 Å². The summed E-state index contributed by atoms with van der Waals surface area (Å²) in [5.41, 5.74) is 6.81. The zero-order valence-electron chi connectivity index (χ0n) is 7.83. The molecule has 0 saturated heterocycles. The van der Waals surface area contributed by atoms with Gasteiger partial charge in [-0.15, -0.1) is 0 Å². The first-order valence-electron chi connectivity index (χ1n) is 4.42. The number of nitrogens with zero attached hydrogens (tertiary/aromatic N) is 1. The fourth-order valence-electron chi connectivity index (χ4n) is 1.83. The van der Waals surface area contributed by atoms with E-state index >= 15 is 0 Å². The van der Waals surface area contributed by atoms with E-state index < -0.39 is 0 Å². The zero-order valence-corrected chi connectivity index (χ0v) is 7.83. The number of halogens is 1. The van der Waals surface area contributed by atoms with Crippen LogP contribution >= 0.6 is 0 Å². The quantitative estimate of drug-likeness (QED) is 0.722. The molecule has 2 N–H and O–H groups in total. The van der Waals surface area contributed by atoms with E-state index in [2.05, 4.69) is 0 Å². The molecular weight excluding hydrogens is 183 g/mol. The SMILES string of the molecule is CN1C(=O)c2cc(F)ccc2C1CN. The van der Waals surface area contributed by atoms with Crippen LogP contribution in [-0.4, -0.2) is 24.4 Å². The van der Waals surface area contributed by atoms with E-state index in [9.17, 15) is 9.18 Å². The highest BCUT2D eigenvalue weighted by Gasteiger charge is 2.33. The molecular formula is C10H11FN2O. The standard InChI is InChI=1S/C10H11FN2O/c1-13-9(5-12)7-3-2-6(11)4-8(7)10(13)14/h2-4,9H,5,12H2,1H3. The summed E-state index contributed by atoms with van der Waals surface area (Å²) in [5, 5.41) is 0. The van der Waals surface area contributed by atoms with E-state index in [1.54, 1.807) is 18.0 Å². The van der Waals surface area contributed by atoms with Crippen molar-refractivity contribution in [1.29, 1.82) is 0 Å². The van der Waals surface area contributed by atoms with Crippen LogP contribution in [0.1, 0.15) is 22.0 Å². The van der Waals surface area contributed by atoms with Crippen molar-refractivity contribution in [3.05, 3.63) is 35.1 Å². The van der Waals surface area contributed by atoms with Gasteiger partial charge >= 0.3 is 0 Å². The third-order valence-corrected chi connectivity index (χ3v) is 2.62. The number of likely N-dealkylation sites (N-methyl/N-ethyl adjacent to an activating group) is 1. The van der Waals surface area contributed by atoms with Crippen molar-refractivity contribution in [3.63, 3.8) is 0 Å². The van der Waals surface area contributed by atoms with Crippen molar-refractivity contribution < 1.29 is 9.18 Å². The average Bonchev–Trinajstić information content (AvgIpc) is 2.41. The van der Waals surface area contributed by atoms with Gasteiger partial charge in [-0.1, -0.05) is 6.07 Å². The summed E-state index contributed by atoms with van der Waals surface area (Å²) in [6.07, 6.45) is 0. The third kappa shape index (κ3) is 1.11. The number of amides is 1. The van der Waals surface area contributed by atoms with Gasteiger partial charge in [0.1, 0.15) is 5.82 Å². The number of benzene rings is 1. The van der Waals surface area contributed by atoms with Crippen LogP contribution in [0, 0.1) is 5.82 Å². The smallest absolute Gasteiger partial charge is 0.254 e. The Bertz CT molecular complexity index is 392. The van der Waals surface area contributed by atoms with Gasteiger partial charge in [-0.2, -0.15) is 0 Å². The van der Waals surface area contributed by atoms with Crippen molar-refractivity contribution in [2.75, 3.05) is 13.6 Å². The van der Waals surface area contributed by atoms with Gasteiger partial charge in [0.05, 0.1) is 6.04 Å². The normalized spacial score (nSPS) is 20.1. The van der Waals surface area contributed by atoms with Crippen LogP contribution in [0.25, 0.3) is 0 Å². The summed E-state index contributed by atoms with van der Waals surface area (Å²) < 4.78 is 12.9. The molecule has 0 aliphatic carbocycles. The first-order valence-corrected chi connectivity index (χ1v) is 4.42. The second-order valence-electron chi connectivity index (χ2n) is 3.40. The fraction of sp³-hybridized carbons (Fsp3) is 0.300. The molecule has 1 heterocycles. The van der Waals surface area contributed by atoms with E-state index in [1.807, 2.05) is 0 Å². The molecule has 0 fully saturated rings.